The molecule has 4 N–H and O–H groups in total. The Morgan fingerprint density at radius 1 is 0.676 bits per heavy atom. The molecular weight excluding hydrogens is 1390 g/mol. The van der Waals surface area contributed by atoms with Gasteiger partial charge in [-0.1, -0.05) is 110 Å². The van der Waals surface area contributed by atoms with Crippen molar-refractivity contribution < 1.29 is 85.3 Å². The first-order valence-electron chi connectivity index (χ1n) is 37.5. The second-order valence-electron chi connectivity index (χ2n) is 30.5. The van der Waals surface area contributed by atoms with Crippen molar-refractivity contribution in [1.82, 2.24) is 60.0 Å². The molecule has 0 bridgehead atoms. The first-order chi connectivity index (χ1) is 49.4. The van der Waals surface area contributed by atoms with Crippen LogP contribution >= 0.6 is 11.6 Å². The van der Waals surface area contributed by atoms with Crippen LogP contribution in [0.2, 0.25) is 5.02 Å². The number of carboxylic acid groups (broad SMARTS) is 1. The fourth-order valence-corrected chi connectivity index (χ4v) is 16.2. The standard InChI is InChI=1S/C74H112ClF3N12O15/c1-13-45(4)61-70(102)83(7)46(5)65(97)90-34-31-54(90)68(100)86(10)56(41-47-21-15-14-16-22-47)67(99)82(6)43-58(91)79-52(28-26-48-25-27-50(51(75)40-48)74(76,77)78)66(98)85(9)53(29-30-60(93)94)64(96)81-73(32-19-20-33-73)72(104)88(12)62(49-23-17-18-24-49)71(103)87(11)57(69(101)89-35-37-105-38-36-89)42-59(92)84(8)55(39-44(2)3)63(95)80-61/h25,27,40,44-47,49,52-57,61-62H,13-24,26,28-39,41-43H2,1-12H3,(H,79,91)(H,80,95)(H,81,96)(H,93,94)/t45-,46-,52-,53-,54-,55-,56-,57-,61-,62-/m0/s1. The lowest BCUT2D eigenvalue weighted by Gasteiger charge is -2.45. The molecule has 1 aromatic carbocycles. The molecule has 105 heavy (non-hydrogen) atoms. The van der Waals surface area contributed by atoms with Gasteiger partial charge in [-0.25, -0.2) is 0 Å². The molecule has 12 amide bonds. The van der Waals surface area contributed by atoms with Crippen LogP contribution in [0.25, 0.3) is 0 Å². The number of carbonyl (C=O) groups is 13. The molecule has 3 aliphatic carbocycles. The minimum absolute atomic E-state index is 0.0240. The third kappa shape index (κ3) is 20.8. The van der Waals surface area contributed by atoms with E-state index >= 15 is 33.6 Å². The predicted octanol–water partition coefficient (Wildman–Crippen LogP) is 5.11. The number of morpholine rings is 1. The summed E-state index contributed by atoms with van der Waals surface area (Å²) in [6, 6.07) is -9.06. The van der Waals surface area contributed by atoms with Crippen LogP contribution in [0.3, 0.4) is 0 Å². The van der Waals surface area contributed by atoms with E-state index in [1.54, 1.807) is 6.92 Å². The Morgan fingerprint density at radius 2 is 1.30 bits per heavy atom. The Bertz CT molecular complexity index is 3320. The van der Waals surface area contributed by atoms with E-state index in [9.17, 15) is 47.0 Å². The summed E-state index contributed by atoms with van der Waals surface area (Å²) >= 11 is 6.15. The molecule has 1 aromatic rings. The van der Waals surface area contributed by atoms with Crippen LogP contribution in [0.4, 0.5) is 13.2 Å². The van der Waals surface area contributed by atoms with Gasteiger partial charge in [0.25, 0.3) is 0 Å². The van der Waals surface area contributed by atoms with Gasteiger partial charge in [0.05, 0.1) is 36.8 Å². The van der Waals surface area contributed by atoms with Gasteiger partial charge in [-0.15, -0.1) is 0 Å². The Labute approximate surface area is 620 Å². The largest absolute Gasteiger partial charge is 0.481 e. The molecule has 27 nitrogen and oxygen atoms in total. The molecule has 0 radical (unpaired) electrons. The SMILES string of the molecule is CC[C@H](C)[C@@H]1NC(=O)[C@H](CC(C)C)N(C)C(=O)C[C@@H](C(=O)N2CCOCC2)N(C)C(=O)[C@H](C2CCCC2)N(C)C(=O)C2(CCCC2)NC(=O)[C@H](CCC(=O)O)N(C)C(=O)[C@H](CCc2ccc(C(F)(F)F)c(Cl)c2)NC(=O)CN(C)C(=O)[C@H](CC2CCCCC2)N(C)C(=O)[C@@H]2CCN2C(=O)[C@H](C)N(C)C1=O. The Balaban J connectivity index is 1.33. The number of likely N-dealkylation sites (N-methyl/N-ethyl adjacent to an activating group) is 7. The molecule has 31 heteroatoms. The molecule has 10 atom stereocenters. The zero-order valence-corrected chi connectivity index (χ0v) is 64.0. The number of amides is 12. The molecule has 3 heterocycles. The molecule has 3 aliphatic heterocycles. The topological polar surface area (TPSA) is 317 Å². The summed E-state index contributed by atoms with van der Waals surface area (Å²) < 4.78 is 47.4. The van der Waals surface area contributed by atoms with Crippen LogP contribution in [0.1, 0.15) is 181 Å². The highest BCUT2D eigenvalue weighted by Crippen LogP contribution is 2.39. The number of rotatable bonds is 14. The van der Waals surface area contributed by atoms with E-state index in [0.717, 1.165) is 60.1 Å². The molecule has 1 spiro atoms. The van der Waals surface area contributed by atoms with E-state index in [2.05, 4.69) is 16.0 Å². The van der Waals surface area contributed by atoms with Crippen LogP contribution in [-0.2, 0) is 79.7 Å². The predicted molar refractivity (Wildman–Crippen MR) is 382 cm³/mol. The number of carbonyl (C=O) groups excluding carboxylic acids is 12. The Kier molecular flexibility index (Phi) is 30.0. The lowest BCUT2D eigenvalue weighted by Crippen LogP contribution is -2.65. The van der Waals surface area contributed by atoms with Crippen molar-refractivity contribution in [2.45, 2.75) is 242 Å². The molecule has 3 saturated carbocycles. The number of alkyl halides is 3. The highest BCUT2D eigenvalue weighted by Gasteiger charge is 2.52. The summed E-state index contributed by atoms with van der Waals surface area (Å²) in [6.07, 6.45) is 0.979. The summed E-state index contributed by atoms with van der Waals surface area (Å²) in [5, 5.41) is 18.0. The lowest BCUT2D eigenvalue weighted by atomic mass is 9.84. The number of nitrogens with one attached hydrogen (secondary N) is 3. The van der Waals surface area contributed by atoms with Gasteiger partial charge in [0, 0.05) is 75.4 Å². The number of aryl methyl sites for hydroxylation is 1. The van der Waals surface area contributed by atoms with Gasteiger partial charge < -0.3 is 69.9 Å². The van der Waals surface area contributed by atoms with Crippen molar-refractivity contribution in [2.24, 2.45) is 23.7 Å². The van der Waals surface area contributed by atoms with E-state index < -0.39 is 191 Å². The van der Waals surface area contributed by atoms with Gasteiger partial charge in [0.1, 0.15) is 59.9 Å². The van der Waals surface area contributed by atoms with Crippen LogP contribution in [-0.4, -0.2) is 275 Å². The zero-order valence-electron chi connectivity index (χ0n) is 63.2. The van der Waals surface area contributed by atoms with Crippen molar-refractivity contribution in [2.75, 3.05) is 88.7 Å². The first-order valence-corrected chi connectivity index (χ1v) is 37.8. The fraction of sp³-hybridized carbons (Fsp3) is 0.743. The number of hydrogen-bond acceptors (Lipinski definition) is 14. The number of nitrogens with zero attached hydrogens (tertiary/aromatic N) is 9. The maximum absolute atomic E-state index is 15.8. The highest BCUT2D eigenvalue weighted by molar-refractivity contribution is 6.31. The third-order valence-electron chi connectivity index (χ3n) is 22.9. The van der Waals surface area contributed by atoms with Gasteiger partial charge in [-0.2, -0.15) is 13.2 Å². The average molecular weight is 1500 g/mol. The molecule has 586 valence electrons. The number of fused-ring (bicyclic) bond motifs is 1. The van der Waals surface area contributed by atoms with Gasteiger partial charge in [-0.05, 0) is 112 Å². The monoisotopic (exact) mass is 1500 g/mol. The maximum atomic E-state index is 15.8. The summed E-state index contributed by atoms with van der Waals surface area (Å²) in [5.74, 6) is -11.4. The summed E-state index contributed by atoms with van der Waals surface area (Å²) in [7, 11) is 9.61. The molecule has 6 aliphatic rings. The molecule has 0 aromatic heterocycles. The number of benzene rings is 1. The van der Waals surface area contributed by atoms with Crippen LogP contribution in [0.5, 0.6) is 0 Å². The normalized spacial score (nSPS) is 27.4. The van der Waals surface area contributed by atoms with Crippen LogP contribution in [0.15, 0.2) is 18.2 Å². The smallest absolute Gasteiger partial charge is 0.417 e. The van der Waals surface area contributed by atoms with E-state index in [-0.39, 0.29) is 95.2 Å². The second-order valence-corrected chi connectivity index (χ2v) is 30.9. The number of hydrogen-bond donors (Lipinski definition) is 4. The van der Waals surface area contributed by atoms with E-state index in [1.807, 2.05) is 20.8 Å². The minimum Gasteiger partial charge on any atom is -0.481 e. The zero-order chi connectivity index (χ0) is 77.7. The summed E-state index contributed by atoms with van der Waals surface area (Å²) in [6.45, 7) is 8.73. The van der Waals surface area contributed by atoms with Gasteiger partial charge in [-0.3, -0.25) is 62.3 Å². The van der Waals surface area contributed by atoms with E-state index in [4.69, 9.17) is 16.3 Å². The van der Waals surface area contributed by atoms with Crippen LogP contribution in [0, 0.1) is 23.7 Å². The van der Waals surface area contributed by atoms with E-state index in [0.29, 0.717) is 44.9 Å². The Morgan fingerprint density at radius 3 is 1.87 bits per heavy atom. The molecule has 7 rings (SSSR count). The molecular formula is C74H112ClF3N12O15. The van der Waals surface area contributed by atoms with Crippen molar-refractivity contribution in [3.05, 3.63) is 34.3 Å². The van der Waals surface area contributed by atoms with Crippen molar-refractivity contribution >= 4 is 88.5 Å². The second kappa shape index (κ2) is 37.3. The minimum atomic E-state index is -4.81. The number of carboxylic acids is 1. The van der Waals surface area contributed by atoms with Gasteiger partial charge in [0.2, 0.25) is 70.9 Å². The third-order valence-corrected chi connectivity index (χ3v) is 23.3. The number of ether oxygens (including phenoxy) is 1. The maximum Gasteiger partial charge on any atom is 0.417 e. The molecule has 6 fully saturated rings. The van der Waals surface area contributed by atoms with Crippen molar-refractivity contribution in [3.8, 4) is 0 Å². The number of halogens is 4. The highest BCUT2D eigenvalue weighted by atomic mass is 35.5. The quantitative estimate of drug-likeness (QED) is 0.188. The Hall–Kier alpha value is -7.63. The van der Waals surface area contributed by atoms with Crippen molar-refractivity contribution in [1.29, 1.82) is 0 Å². The summed E-state index contributed by atoms with van der Waals surface area (Å²) in [5.41, 5.74) is -2.68. The lowest BCUT2D eigenvalue weighted by molar-refractivity contribution is -0.160. The first kappa shape index (κ1) is 84.6. The fourth-order valence-electron chi connectivity index (χ4n) is 15.9. The molecule has 3 saturated heterocycles. The van der Waals surface area contributed by atoms with Gasteiger partial charge in [0.15, 0.2) is 0 Å². The van der Waals surface area contributed by atoms with Gasteiger partial charge >= 0.3 is 12.1 Å². The number of aliphatic carboxylic acids is 1. The van der Waals surface area contributed by atoms with Crippen molar-refractivity contribution in [3.63, 3.8) is 0 Å². The van der Waals surface area contributed by atoms with E-state index in [1.165, 1.54) is 90.6 Å². The average Bonchev–Trinajstić information content (AvgIpc) is 1.66. The molecule has 0 unspecified atom stereocenters. The summed E-state index contributed by atoms with van der Waals surface area (Å²) in [4.78, 5) is 205. The van der Waals surface area contributed by atoms with Crippen LogP contribution < -0.4 is 16.0 Å².